The second kappa shape index (κ2) is 57.9. The number of quaternary nitrogens is 1. The molecule has 0 saturated heterocycles. The number of phosphoric acid groups is 1. The molecule has 0 saturated carbocycles. The number of rotatable bonds is 60. The van der Waals surface area contributed by atoms with Crippen molar-refractivity contribution in [2.75, 3.05) is 40.9 Å². The fraction of sp³-hybridized carbons (Fsp3) is 0.836. The lowest BCUT2D eigenvalue weighted by molar-refractivity contribution is -0.870. The van der Waals surface area contributed by atoms with Crippen LogP contribution in [0.3, 0.4) is 0 Å². The molecule has 3 atom stereocenters. The Morgan fingerprint density at radius 3 is 1.16 bits per heavy atom. The van der Waals surface area contributed by atoms with Crippen LogP contribution in [0.1, 0.15) is 309 Å². The standard InChI is InChI=1S/C67H127N2O6P/c1-6-8-10-12-14-16-18-20-21-22-23-24-25-26-27-28-29-30-31-32-33-34-35-36-37-38-39-40-41-42-43-44-45-46-47-49-51-53-55-57-59-61-67(71)68-65(64-75-76(72,73)74-63-62-69(3,4)5)66(70)60-58-56-54-52-50-48-19-17-15-13-11-9-7-2/h8,10,14,16,20-21,23-24,58,60,65-66,70H,6-7,9,11-13,15,17-19,22,25-57,59,61-64H2,1-5H3,(H-,68,71,72,73)/p+1/b10-8-,16-14-,21-20-,24-23-,60-58+. The molecular formula is C67H128N2O6P+. The highest BCUT2D eigenvalue weighted by Gasteiger charge is 2.28. The summed E-state index contributed by atoms with van der Waals surface area (Å²) in [4.78, 5) is 23.3. The van der Waals surface area contributed by atoms with Crippen LogP contribution in [0.15, 0.2) is 60.8 Å². The topological polar surface area (TPSA) is 105 Å². The largest absolute Gasteiger partial charge is 0.472 e. The average Bonchev–Trinajstić information content (AvgIpc) is 3.38. The average molecular weight is 1090 g/mol. The Balaban J connectivity index is 3.83. The third-order valence-corrected chi connectivity index (χ3v) is 15.7. The van der Waals surface area contributed by atoms with E-state index < -0.39 is 20.0 Å². The Morgan fingerprint density at radius 2 is 0.789 bits per heavy atom. The molecule has 1 amide bonds. The summed E-state index contributed by atoms with van der Waals surface area (Å²) in [7, 11) is 1.58. The van der Waals surface area contributed by atoms with Crippen LogP contribution in [0.5, 0.6) is 0 Å². The van der Waals surface area contributed by atoms with E-state index in [1.54, 1.807) is 6.08 Å². The zero-order valence-electron chi connectivity index (χ0n) is 51.0. The smallest absolute Gasteiger partial charge is 0.387 e. The summed E-state index contributed by atoms with van der Waals surface area (Å²) in [5.74, 6) is -0.173. The first-order valence-electron chi connectivity index (χ1n) is 32.7. The quantitative estimate of drug-likeness (QED) is 0.0243. The number of carbonyl (C=O) groups excluding carboxylic acids is 1. The lowest BCUT2D eigenvalue weighted by atomic mass is 10.0. The number of amides is 1. The van der Waals surface area contributed by atoms with E-state index in [1.165, 1.54) is 225 Å². The van der Waals surface area contributed by atoms with Gasteiger partial charge in [0, 0.05) is 6.42 Å². The third-order valence-electron chi connectivity index (χ3n) is 14.7. The number of aliphatic hydroxyl groups is 1. The number of carbonyl (C=O) groups is 1. The van der Waals surface area contributed by atoms with Crippen LogP contribution < -0.4 is 5.32 Å². The van der Waals surface area contributed by atoms with Gasteiger partial charge in [-0.25, -0.2) is 4.57 Å². The molecule has 0 fully saturated rings. The van der Waals surface area contributed by atoms with Crippen molar-refractivity contribution in [3.8, 4) is 0 Å². The molecule has 0 aliphatic rings. The molecule has 8 nitrogen and oxygen atoms in total. The summed E-state index contributed by atoms with van der Waals surface area (Å²) in [5.41, 5.74) is 0. The van der Waals surface area contributed by atoms with Crippen LogP contribution in [0.25, 0.3) is 0 Å². The van der Waals surface area contributed by atoms with Gasteiger partial charge in [0.2, 0.25) is 5.91 Å². The Morgan fingerprint density at radius 1 is 0.461 bits per heavy atom. The molecule has 0 aromatic rings. The van der Waals surface area contributed by atoms with Gasteiger partial charge in [-0.1, -0.05) is 306 Å². The van der Waals surface area contributed by atoms with Gasteiger partial charge in [-0.15, -0.1) is 0 Å². The van der Waals surface area contributed by atoms with E-state index in [-0.39, 0.29) is 19.1 Å². The zero-order chi connectivity index (χ0) is 55.6. The molecule has 0 rings (SSSR count). The molecule has 3 N–H and O–H groups in total. The molecule has 76 heavy (non-hydrogen) atoms. The van der Waals surface area contributed by atoms with Crippen LogP contribution in [-0.4, -0.2) is 73.4 Å². The highest BCUT2D eigenvalue weighted by molar-refractivity contribution is 7.47. The molecule has 9 heteroatoms. The summed E-state index contributed by atoms with van der Waals surface area (Å²) in [6, 6.07) is -0.844. The number of unbranched alkanes of at least 4 members (excludes halogenated alkanes) is 39. The van der Waals surface area contributed by atoms with E-state index >= 15 is 0 Å². The van der Waals surface area contributed by atoms with E-state index in [2.05, 4.69) is 67.8 Å². The van der Waals surface area contributed by atoms with Gasteiger partial charge in [0.25, 0.3) is 0 Å². The van der Waals surface area contributed by atoms with E-state index in [0.717, 1.165) is 64.2 Å². The van der Waals surface area contributed by atoms with Gasteiger partial charge in [-0.05, 0) is 57.8 Å². The highest BCUT2D eigenvalue weighted by Crippen LogP contribution is 2.43. The first kappa shape index (κ1) is 74.2. The second-order valence-corrected chi connectivity index (χ2v) is 24.9. The van der Waals surface area contributed by atoms with Gasteiger partial charge in [-0.3, -0.25) is 13.8 Å². The maximum absolute atomic E-state index is 13.0. The molecule has 0 aromatic carbocycles. The van der Waals surface area contributed by atoms with Crippen molar-refractivity contribution in [2.45, 2.75) is 321 Å². The van der Waals surface area contributed by atoms with Crippen molar-refractivity contribution < 1.29 is 32.9 Å². The molecule has 0 aliphatic carbocycles. The van der Waals surface area contributed by atoms with Gasteiger partial charge in [0.05, 0.1) is 39.9 Å². The number of nitrogens with one attached hydrogen (secondary N) is 1. The maximum Gasteiger partial charge on any atom is 0.472 e. The van der Waals surface area contributed by atoms with Crippen molar-refractivity contribution >= 4 is 13.7 Å². The first-order valence-corrected chi connectivity index (χ1v) is 34.2. The summed E-state index contributed by atoms with van der Waals surface area (Å²) in [6.07, 6.45) is 79.4. The van der Waals surface area contributed by atoms with Crippen molar-refractivity contribution in [1.29, 1.82) is 0 Å². The van der Waals surface area contributed by atoms with E-state index in [0.29, 0.717) is 17.4 Å². The van der Waals surface area contributed by atoms with Crippen LogP contribution >= 0.6 is 7.82 Å². The van der Waals surface area contributed by atoms with Crippen molar-refractivity contribution in [3.05, 3.63) is 60.8 Å². The Labute approximate surface area is 472 Å². The predicted molar refractivity (Wildman–Crippen MR) is 332 cm³/mol. The molecule has 0 radical (unpaired) electrons. The van der Waals surface area contributed by atoms with Crippen molar-refractivity contribution in [3.63, 3.8) is 0 Å². The molecule has 3 unspecified atom stereocenters. The van der Waals surface area contributed by atoms with Gasteiger partial charge < -0.3 is 19.8 Å². The van der Waals surface area contributed by atoms with Gasteiger partial charge in [-0.2, -0.15) is 0 Å². The summed E-state index contributed by atoms with van der Waals surface area (Å²) in [5, 5.41) is 13.9. The predicted octanol–water partition coefficient (Wildman–Crippen LogP) is 20.4. The number of likely N-dealkylation sites (N-methyl/N-ethyl adjacent to an activating group) is 1. The van der Waals surface area contributed by atoms with Crippen LogP contribution in [0, 0.1) is 0 Å². The molecule has 0 spiro atoms. The normalized spacial score (nSPS) is 14.1. The molecule has 0 bridgehead atoms. The van der Waals surface area contributed by atoms with Crippen LogP contribution in [0.2, 0.25) is 0 Å². The van der Waals surface area contributed by atoms with Gasteiger partial charge >= 0.3 is 7.82 Å². The molecule has 0 aliphatic heterocycles. The Bertz CT molecular complexity index is 1420. The summed E-state index contributed by atoms with van der Waals surface area (Å²) >= 11 is 0. The van der Waals surface area contributed by atoms with Gasteiger partial charge in [0.15, 0.2) is 0 Å². The Kier molecular flexibility index (Phi) is 56.5. The summed E-state index contributed by atoms with van der Waals surface area (Å²) in [6.45, 7) is 4.72. The van der Waals surface area contributed by atoms with Gasteiger partial charge in [0.1, 0.15) is 13.2 Å². The number of hydrogen-bond acceptors (Lipinski definition) is 5. The van der Waals surface area contributed by atoms with Crippen LogP contribution in [-0.2, 0) is 18.4 Å². The minimum absolute atomic E-state index is 0.0629. The fourth-order valence-corrected chi connectivity index (χ4v) is 10.4. The monoisotopic (exact) mass is 1090 g/mol. The lowest BCUT2D eigenvalue weighted by Gasteiger charge is -2.25. The van der Waals surface area contributed by atoms with Crippen LogP contribution in [0.4, 0.5) is 0 Å². The number of aliphatic hydroxyl groups excluding tert-OH is 1. The zero-order valence-corrected chi connectivity index (χ0v) is 51.9. The fourth-order valence-electron chi connectivity index (χ4n) is 9.68. The number of allylic oxidation sites excluding steroid dienone is 9. The minimum atomic E-state index is -4.34. The Hall–Kier alpha value is -1.80. The lowest BCUT2D eigenvalue weighted by Crippen LogP contribution is -2.45. The molecule has 446 valence electrons. The highest BCUT2D eigenvalue weighted by atomic mass is 31.2. The third kappa shape index (κ3) is 59.9. The molecule has 0 aromatic heterocycles. The van der Waals surface area contributed by atoms with E-state index in [1.807, 2.05) is 27.2 Å². The van der Waals surface area contributed by atoms with E-state index in [4.69, 9.17) is 9.05 Å². The number of nitrogens with zero attached hydrogens (tertiary/aromatic N) is 1. The second-order valence-electron chi connectivity index (χ2n) is 23.5. The SMILES string of the molecule is CC/C=C\C/C=C\C/C=C\C/C=C\CCCCCCCCCCCCCCCCCCCCCCCCCCCCCCC(=O)NC(COP(=O)(O)OCC[N+](C)(C)C)C(O)/C=C/CCCCCCCCCCCCC. The summed E-state index contributed by atoms with van der Waals surface area (Å²) < 4.78 is 23.7. The number of hydrogen-bond donors (Lipinski definition) is 3. The van der Waals surface area contributed by atoms with E-state index in [9.17, 15) is 19.4 Å². The van der Waals surface area contributed by atoms with Crippen molar-refractivity contribution in [1.82, 2.24) is 5.32 Å². The van der Waals surface area contributed by atoms with Crippen molar-refractivity contribution in [2.24, 2.45) is 0 Å². The maximum atomic E-state index is 13.0. The molecule has 0 heterocycles. The molecular weight excluding hydrogens is 960 g/mol. The minimum Gasteiger partial charge on any atom is -0.387 e. The number of phosphoric ester groups is 1. The first-order chi connectivity index (χ1) is 37.0.